The fourth-order valence-electron chi connectivity index (χ4n) is 2.31. The first-order valence-electron chi connectivity index (χ1n) is 6.25. The van der Waals surface area contributed by atoms with Crippen LogP contribution in [0.5, 0.6) is 5.75 Å². The summed E-state index contributed by atoms with van der Waals surface area (Å²) in [5, 5.41) is 0. The van der Waals surface area contributed by atoms with Crippen LogP contribution in [0.1, 0.15) is 0 Å². The van der Waals surface area contributed by atoms with E-state index in [-0.39, 0.29) is 5.82 Å². The van der Waals surface area contributed by atoms with Crippen LogP contribution in [0.4, 0.5) is 10.1 Å². The van der Waals surface area contributed by atoms with Gasteiger partial charge in [-0.3, -0.25) is 4.90 Å². The summed E-state index contributed by atoms with van der Waals surface area (Å²) in [6, 6.07) is 4.64. The van der Waals surface area contributed by atoms with Gasteiger partial charge in [0.25, 0.3) is 0 Å². The molecule has 0 bridgehead atoms. The molecule has 0 aromatic heterocycles. The first kappa shape index (κ1) is 13.1. The predicted octanol–water partition coefficient (Wildman–Crippen LogP) is 0.915. The minimum absolute atomic E-state index is 0.227. The lowest BCUT2D eigenvalue weighted by atomic mass is 10.2. The molecule has 1 aromatic rings. The zero-order valence-electron chi connectivity index (χ0n) is 10.7. The molecule has 1 fully saturated rings. The van der Waals surface area contributed by atoms with Crippen LogP contribution in [0.25, 0.3) is 0 Å². The maximum atomic E-state index is 13.3. The van der Waals surface area contributed by atoms with Crippen molar-refractivity contribution in [2.45, 2.75) is 0 Å². The molecule has 2 rings (SSSR count). The summed E-state index contributed by atoms with van der Waals surface area (Å²) >= 11 is 0. The van der Waals surface area contributed by atoms with Crippen LogP contribution in [0.2, 0.25) is 0 Å². The van der Waals surface area contributed by atoms with Crippen molar-refractivity contribution in [3.05, 3.63) is 24.0 Å². The van der Waals surface area contributed by atoms with Gasteiger partial charge in [-0.2, -0.15) is 0 Å². The maximum Gasteiger partial charge on any atom is 0.142 e. The van der Waals surface area contributed by atoms with Crippen LogP contribution >= 0.6 is 0 Å². The van der Waals surface area contributed by atoms with Gasteiger partial charge >= 0.3 is 0 Å². The molecule has 0 unspecified atom stereocenters. The molecule has 0 spiro atoms. The number of benzene rings is 1. The summed E-state index contributed by atoms with van der Waals surface area (Å²) in [4.78, 5) is 4.48. The predicted molar refractivity (Wildman–Crippen MR) is 70.7 cm³/mol. The van der Waals surface area contributed by atoms with Gasteiger partial charge in [0.05, 0.1) is 12.8 Å². The van der Waals surface area contributed by atoms with E-state index in [0.717, 1.165) is 44.2 Å². The van der Waals surface area contributed by atoms with Gasteiger partial charge in [-0.15, -0.1) is 0 Å². The summed E-state index contributed by atoms with van der Waals surface area (Å²) in [5.41, 5.74) is 6.38. The third-order valence-corrected chi connectivity index (χ3v) is 3.30. The van der Waals surface area contributed by atoms with Crippen molar-refractivity contribution in [3.8, 4) is 5.75 Å². The smallest absolute Gasteiger partial charge is 0.142 e. The van der Waals surface area contributed by atoms with E-state index in [1.807, 2.05) is 0 Å². The average molecular weight is 253 g/mol. The van der Waals surface area contributed by atoms with Crippen LogP contribution in [-0.2, 0) is 0 Å². The Kier molecular flexibility index (Phi) is 4.38. The second kappa shape index (κ2) is 6.02. The SMILES string of the molecule is COc1ccc(F)cc1N1CCN(CCN)CC1. The minimum Gasteiger partial charge on any atom is -0.495 e. The van der Waals surface area contributed by atoms with Gasteiger partial charge in [0.15, 0.2) is 0 Å². The molecule has 4 nitrogen and oxygen atoms in total. The molecule has 0 saturated carbocycles. The topological polar surface area (TPSA) is 41.7 Å². The van der Waals surface area contributed by atoms with Crippen molar-refractivity contribution in [1.82, 2.24) is 4.90 Å². The van der Waals surface area contributed by atoms with Crippen molar-refractivity contribution in [1.29, 1.82) is 0 Å². The third-order valence-electron chi connectivity index (χ3n) is 3.30. The molecule has 0 atom stereocenters. The maximum absolute atomic E-state index is 13.3. The van der Waals surface area contributed by atoms with Crippen molar-refractivity contribution in [3.63, 3.8) is 0 Å². The molecule has 1 aromatic carbocycles. The monoisotopic (exact) mass is 253 g/mol. The van der Waals surface area contributed by atoms with Crippen LogP contribution in [-0.4, -0.2) is 51.3 Å². The molecule has 5 heteroatoms. The summed E-state index contributed by atoms with van der Waals surface area (Å²) in [7, 11) is 1.61. The minimum atomic E-state index is -0.227. The molecular formula is C13H20FN3O. The number of methoxy groups -OCH3 is 1. The van der Waals surface area contributed by atoms with E-state index in [1.165, 1.54) is 12.1 Å². The van der Waals surface area contributed by atoms with Crippen LogP contribution in [0.15, 0.2) is 18.2 Å². The molecule has 1 heterocycles. The Morgan fingerprint density at radius 3 is 2.61 bits per heavy atom. The number of hydrogen-bond acceptors (Lipinski definition) is 4. The number of rotatable bonds is 4. The first-order chi connectivity index (χ1) is 8.74. The molecule has 0 radical (unpaired) electrons. The second-order valence-electron chi connectivity index (χ2n) is 4.43. The Labute approximate surface area is 107 Å². The Morgan fingerprint density at radius 2 is 2.00 bits per heavy atom. The van der Waals surface area contributed by atoms with Gasteiger partial charge in [0, 0.05) is 45.3 Å². The number of ether oxygens (including phenoxy) is 1. The molecule has 100 valence electrons. The van der Waals surface area contributed by atoms with Crippen LogP contribution < -0.4 is 15.4 Å². The third kappa shape index (κ3) is 2.91. The average Bonchev–Trinajstić information content (AvgIpc) is 2.40. The molecular weight excluding hydrogens is 233 g/mol. The van der Waals surface area contributed by atoms with Crippen molar-refractivity contribution < 1.29 is 9.13 Å². The fraction of sp³-hybridized carbons (Fsp3) is 0.538. The van der Waals surface area contributed by atoms with E-state index >= 15 is 0 Å². The van der Waals surface area contributed by atoms with Crippen molar-refractivity contribution >= 4 is 5.69 Å². The van der Waals surface area contributed by atoms with E-state index in [4.69, 9.17) is 10.5 Å². The summed E-state index contributed by atoms with van der Waals surface area (Å²) in [5.74, 6) is 0.499. The zero-order chi connectivity index (χ0) is 13.0. The van der Waals surface area contributed by atoms with Crippen LogP contribution in [0.3, 0.4) is 0 Å². The molecule has 1 aliphatic rings. The molecule has 1 saturated heterocycles. The number of nitrogens with two attached hydrogens (primary N) is 1. The molecule has 0 amide bonds. The summed E-state index contributed by atoms with van der Waals surface area (Å²) in [6.45, 7) is 5.27. The van der Waals surface area contributed by atoms with Crippen molar-refractivity contribution in [2.75, 3.05) is 51.3 Å². The first-order valence-corrected chi connectivity index (χ1v) is 6.25. The highest BCUT2D eigenvalue weighted by Crippen LogP contribution is 2.29. The Bertz CT molecular complexity index is 392. The Morgan fingerprint density at radius 1 is 1.28 bits per heavy atom. The lowest BCUT2D eigenvalue weighted by Crippen LogP contribution is -2.47. The van der Waals surface area contributed by atoms with Gasteiger partial charge in [0.1, 0.15) is 11.6 Å². The highest BCUT2D eigenvalue weighted by molar-refractivity contribution is 5.59. The van der Waals surface area contributed by atoms with Crippen LogP contribution in [0, 0.1) is 5.82 Å². The molecule has 0 aliphatic carbocycles. The van der Waals surface area contributed by atoms with E-state index in [9.17, 15) is 4.39 Å². The molecule has 18 heavy (non-hydrogen) atoms. The van der Waals surface area contributed by atoms with Gasteiger partial charge in [0.2, 0.25) is 0 Å². The summed E-state index contributed by atoms with van der Waals surface area (Å²) < 4.78 is 18.6. The van der Waals surface area contributed by atoms with E-state index in [0.29, 0.717) is 6.54 Å². The summed E-state index contributed by atoms with van der Waals surface area (Å²) in [6.07, 6.45) is 0. The number of halogens is 1. The second-order valence-corrected chi connectivity index (χ2v) is 4.43. The van der Waals surface area contributed by atoms with Gasteiger partial charge in [-0.1, -0.05) is 0 Å². The number of anilines is 1. The van der Waals surface area contributed by atoms with Gasteiger partial charge in [-0.25, -0.2) is 4.39 Å². The lowest BCUT2D eigenvalue weighted by Gasteiger charge is -2.36. The highest BCUT2D eigenvalue weighted by Gasteiger charge is 2.19. The number of nitrogens with zero attached hydrogens (tertiary/aromatic N) is 2. The Balaban J connectivity index is 2.06. The van der Waals surface area contributed by atoms with Crippen molar-refractivity contribution in [2.24, 2.45) is 5.73 Å². The molecule has 2 N–H and O–H groups in total. The van der Waals surface area contributed by atoms with E-state index < -0.39 is 0 Å². The van der Waals surface area contributed by atoms with E-state index in [2.05, 4.69) is 9.80 Å². The normalized spacial score (nSPS) is 16.9. The quantitative estimate of drug-likeness (QED) is 0.866. The fourth-order valence-corrected chi connectivity index (χ4v) is 2.31. The number of piperazine rings is 1. The lowest BCUT2D eigenvalue weighted by molar-refractivity contribution is 0.264. The van der Waals surface area contributed by atoms with Gasteiger partial charge < -0.3 is 15.4 Å². The number of hydrogen-bond donors (Lipinski definition) is 1. The largest absolute Gasteiger partial charge is 0.495 e. The standard InChI is InChI=1S/C13H20FN3O/c1-18-13-3-2-11(14)10-12(13)17-8-6-16(5-4-15)7-9-17/h2-3,10H,4-9,15H2,1H3. The highest BCUT2D eigenvalue weighted by atomic mass is 19.1. The van der Waals surface area contributed by atoms with Gasteiger partial charge in [-0.05, 0) is 12.1 Å². The van der Waals surface area contributed by atoms with E-state index in [1.54, 1.807) is 13.2 Å². The zero-order valence-corrected chi connectivity index (χ0v) is 10.7. The molecule has 1 aliphatic heterocycles. The Hall–Kier alpha value is -1.33.